The Balaban J connectivity index is 1.64. The minimum atomic E-state index is -3.69. The molecule has 0 saturated carbocycles. The summed E-state index contributed by atoms with van der Waals surface area (Å²) >= 11 is 8.86. The molecule has 0 aliphatic rings. The zero-order valence-corrected chi connectivity index (χ0v) is 19.4. The van der Waals surface area contributed by atoms with Crippen LogP contribution < -0.4 is 9.62 Å². The van der Waals surface area contributed by atoms with E-state index in [0.29, 0.717) is 20.2 Å². The minimum Gasteiger partial charge on any atom is -0.299 e. The molecule has 0 atom stereocenters. The van der Waals surface area contributed by atoms with Crippen molar-refractivity contribution in [1.29, 1.82) is 0 Å². The van der Waals surface area contributed by atoms with Crippen LogP contribution in [0.1, 0.15) is 11.1 Å². The van der Waals surface area contributed by atoms with Crippen molar-refractivity contribution in [1.82, 2.24) is 10.2 Å². The van der Waals surface area contributed by atoms with Gasteiger partial charge >= 0.3 is 0 Å². The van der Waals surface area contributed by atoms with Gasteiger partial charge in [-0.15, -0.1) is 10.2 Å². The smallest absolute Gasteiger partial charge is 0.246 e. The molecule has 3 aromatic rings. The molecule has 30 heavy (non-hydrogen) atoms. The summed E-state index contributed by atoms with van der Waals surface area (Å²) in [5, 5.41) is 11.4. The van der Waals surface area contributed by atoms with Crippen LogP contribution in [0.2, 0.25) is 5.02 Å². The van der Waals surface area contributed by atoms with Gasteiger partial charge in [0, 0.05) is 10.8 Å². The third-order valence-electron chi connectivity index (χ3n) is 3.99. The van der Waals surface area contributed by atoms with E-state index in [9.17, 15) is 13.2 Å². The maximum absolute atomic E-state index is 12.5. The highest BCUT2D eigenvalue weighted by Crippen LogP contribution is 2.29. The Morgan fingerprint density at radius 2 is 1.93 bits per heavy atom. The topological polar surface area (TPSA) is 92.3 Å². The first kappa shape index (κ1) is 22.5. The highest BCUT2D eigenvalue weighted by molar-refractivity contribution is 8.00. The molecule has 2 aromatic carbocycles. The Hall–Kier alpha value is -2.14. The molecule has 1 aromatic heterocycles. The van der Waals surface area contributed by atoms with E-state index in [1.54, 1.807) is 12.1 Å². The summed E-state index contributed by atoms with van der Waals surface area (Å²) < 4.78 is 26.1. The van der Waals surface area contributed by atoms with E-state index in [2.05, 4.69) is 15.5 Å². The molecular weight excluding hydrogens is 464 g/mol. The van der Waals surface area contributed by atoms with Gasteiger partial charge in [-0.25, -0.2) is 8.42 Å². The van der Waals surface area contributed by atoms with Crippen LogP contribution in [-0.2, 0) is 20.6 Å². The minimum absolute atomic E-state index is 0.311. The molecule has 1 heterocycles. The first-order valence-electron chi connectivity index (χ1n) is 8.76. The summed E-state index contributed by atoms with van der Waals surface area (Å²) in [6.45, 7) is 1.41. The van der Waals surface area contributed by atoms with Crippen molar-refractivity contribution in [3.63, 3.8) is 0 Å². The molecule has 1 amide bonds. The van der Waals surface area contributed by atoms with E-state index >= 15 is 0 Å². The van der Waals surface area contributed by atoms with E-state index in [0.717, 1.165) is 27.4 Å². The Labute approximate surface area is 188 Å². The van der Waals surface area contributed by atoms with Gasteiger partial charge in [0.1, 0.15) is 6.54 Å². The maximum atomic E-state index is 12.5. The van der Waals surface area contributed by atoms with Gasteiger partial charge in [-0.1, -0.05) is 71.1 Å². The number of rotatable bonds is 8. The van der Waals surface area contributed by atoms with Crippen molar-refractivity contribution in [3.8, 4) is 0 Å². The second-order valence-electron chi connectivity index (χ2n) is 6.40. The second kappa shape index (κ2) is 9.78. The number of aromatic nitrogens is 2. The molecule has 0 unspecified atom stereocenters. The fourth-order valence-corrected chi connectivity index (χ4v) is 5.21. The predicted octanol–water partition coefficient (Wildman–Crippen LogP) is 4.20. The van der Waals surface area contributed by atoms with Crippen molar-refractivity contribution in [2.45, 2.75) is 17.0 Å². The Morgan fingerprint density at radius 1 is 1.20 bits per heavy atom. The first-order chi connectivity index (χ1) is 14.2. The average molecular weight is 483 g/mol. The molecule has 0 saturated heterocycles. The van der Waals surface area contributed by atoms with Crippen LogP contribution in [0.5, 0.6) is 0 Å². The zero-order valence-electron chi connectivity index (χ0n) is 16.2. The number of thioether (sulfide) groups is 1. The van der Waals surface area contributed by atoms with E-state index in [-0.39, 0.29) is 0 Å². The molecule has 158 valence electrons. The third kappa shape index (κ3) is 6.18. The SMILES string of the molecule is Cc1ccc(N(CC(=O)Nc2nnc(SCc3ccccc3)s2)S(C)(=O)=O)cc1Cl. The van der Waals surface area contributed by atoms with Gasteiger partial charge in [0.25, 0.3) is 0 Å². The van der Waals surface area contributed by atoms with Gasteiger partial charge in [-0.3, -0.25) is 14.4 Å². The molecule has 0 aliphatic carbocycles. The van der Waals surface area contributed by atoms with Crippen LogP contribution in [0.4, 0.5) is 10.8 Å². The predicted molar refractivity (Wildman–Crippen MR) is 123 cm³/mol. The number of sulfonamides is 1. The lowest BCUT2D eigenvalue weighted by Gasteiger charge is -2.22. The van der Waals surface area contributed by atoms with E-state index in [1.165, 1.54) is 29.2 Å². The van der Waals surface area contributed by atoms with Gasteiger partial charge in [-0.2, -0.15) is 0 Å². The van der Waals surface area contributed by atoms with Gasteiger partial charge in [-0.05, 0) is 30.2 Å². The van der Waals surface area contributed by atoms with Crippen LogP contribution >= 0.6 is 34.7 Å². The van der Waals surface area contributed by atoms with Crippen molar-refractivity contribution in [3.05, 3.63) is 64.7 Å². The average Bonchev–Trinajstić information content (AvgIpc) is 3.14. The molecule has 0 aliphatic heterocycles. The van der Waals surface area contributed by atoms with E-state index < -0.39 is 22.5 Å². The lowest BCUT2D eigenvalue weighted by atomic mass is 10.2. The monoisotopic (exact) mass is 482 g/mol. The zero-order chi connectivity index (χ0) is 21.7. The Kier molecular flexibility index (Phi) is 7.35. The van der Waals surface area contributed by atoms with Gasteiger partial charge in [0.2, 0.25) is 21.1 Å². The Bertz CT molecular complexity index is 1140. The number of halogens is 1. The number of anilines is 2. The highest BCUT2D eigenvalue weighted by atomic mass is 35.5. The number of hydrogen-bond acceptors (Lipinski definition) is 7. The molecule has 0 spiro atoms. The largest absolute Gasteiger partial charge is 0.299 e. The number of amides is 1. The quantitative estimate of drug-likeness (QED) is 0.382. The number of nitrogens with zero attached hydrogens (tertiary/aromatic N) is 3. The normalized spacial score (nSPS) is 11.3. The summed E-state index contributed by atoms with van der Waals surface area (Å²) in [5.74, 6) is 0.215. The number of nitrogens with one attached hydrogen (secondary N) is 1. The van der Waals surface area contributed by atoms with Crippen LogP contribution in [0.15, 0.2) is 52.9 Å². The molecule has 0 bridgehead atoms. The van der Waals surface area contributed by atoms with Crippen molar-refractivity contribution >= 4 is 61.4 Å². The number of hydrogen-bond donors (Lipinski definition) is 1. The van der Waals surface area contributed by atoms with Crippen molar-refractivity contribution in [2.75, 3.05) is 22.4 Å². The molecule has 0 fully saturated rings. The molecular formula is C19H19ClN4O3S3. The van der Waals surface area contributed by atoms with Crippen LogP contribution in [-0.4, -0.2) is 37.3 Å². The fraction of sp³-hybridized carbons (Fsp3) is 0.211. The first-order valence-corrected chi connectivity index (χ1v) is 12.8. The van der Waals surface area contributed by atoms with E-state index in [1.807, 2.05) is 37.3 Å². The van der Waals surface area contributed by atoms with E-state index in [4.69, 9.17) is 11.6 Å². The van der Waals surface area contributed by atoms with Crippen LogP contribution in [0.3, 0.4) is 0 Å². The third-order valence-corrected chi connectivity index (χ3v) is 7.58. The molecule has 7 nitrogen and oxygen atoms in total. The summed E-state index contributed by atoms with van der Waals surface area (Å²) in [6.07, 6.45) is 1.04. The highest BCUT2D eigenvalue weighted by Gasteiger charge is 2.22. The molecule has 0 radical (unpaired) electrons. The number of benzene rings is 2. The summed E-state index contributed by atoms with van der Waals surface area (Å²) in [7, 11) is -3.69. The van der Waals surface area contributed by atoms with Gasteiger partial charge < -0.3 is 0 Å². The standard InChI is InChI=1S/C19H19ClN4O3S3/c1-13-8-9-15(10-16(13)20)24(30(2,26)27)11-17(25)21-18-22-23-19(29-18)28-12-14-6-4-3-5-7-14/h3-10H,11-12H2,1-2H3,(H,21,22,25). The number of carbonyl (C=O) groups is 1. The summed E-state index contributed by atoms with van der Waals surface area (Å²) in [4.78, 5) is 12.5. The molecule has 11 heteroatoms. The number of carbonyl (C=O) groups excluding carboxylic acids is 1. The van der Waals surface area contributed by atoms with Gasteiger partial charge in [0.15, 0.2) is 4.34 Å². The van der Waals surface area contributed by atoms with Crippen LogP contribution in [0, 0.1) is 6.92 Å². The Morgan fingerprint density at radius 3 is 2.60 bits per heavy atom. The second-order valence-corrected chi connectivity index (χ2v) is 10.9. The summed E-state index contributed by atoms with van der Waals surface area (Å²) in [6, 6.07) is 14.8. The lowest BCUT2D eigenvalue weighted by Crippen LogP contribution is -2.37. The van der Waals surface area contributed by atoms with Crippen molar-refractivity contribution in [2.24, 2.45) is 0 Å². The summed E-state index contributed by atoms with van der Waals surface area (Å²) in [5.41, 5.74) is 2.29. The lowest BCUT2D eigenvalue weighted by molar-refractivity contribution is -0.114. The maximum Gasteiger partial charge on any atom is 0.246 e. The van der Waals surface area contributed by atoms with Gasteiger partial charge in [0.05, 0.1) is 11.9 Å². The molecule has 3 rings (SSSR count). The fourth-order valence-electron chi connectivity index (χ4n) is 2.46. The van der Waals surface area contributed by atoms with Crippen LogP contribution in [0.25, 0.3) is 0 Å². The van der Waals surface area contributed by atoms with Crippen molar-refractivity contribution < 1.29 is 13.2 Å². The number of aryl methyl sites for hydroxylation is 1. The molecule has 1 N–H and O–H groups in total.